The number of aryl methyl sites for hydroxylation is 2. The number of imidazole rings is 1. The van der Waals surface area contributed by atoms with Crippen LogP contribution in [0.1, 0.15) is 5.56 Å². The zero-order valence-corrected chi connectivity index (χ0v) is 22.1. The molecule has 0 aliphatic rings. The molecule has 2 aromatic heterocycles. The molecule has 0 unspecified atom stereocenters. The second kappa shape index (κ2) is 9.09. The van der Waals surface area contributed by atoms with E-state index in [1.54, 1.807) is 11.3 Å². The summed E-state index contributed by atoms with van der Waals surface area (Å²) in [5.74, 6) is 1.13. The average molecular weight is 509 g/mol. The lowest BCUT2D eigenvalue weighted by Gasteiger charge is -2.08. The molecule has 0 saturated carbocycles. The Labute approximate surface area is 225 Å². The van der Waals surface area contributed by atoms with Gasteiger partial charge in [0.05, 0.1) is 22.8 Å². The van der Waals surface area contributed by atoms with Crippen LogP contribution in [0.15, 0.2) is 121 Å². The van der Waals surface area contributed by atoms with Gasteiger partial charge in [0.2, 0.25) is 0 Å². The van der Waals surface area contributed by atoms with Crippen LogP contribution in [-0.2, 0) is 7.05 Å². The third kappa shape index (κ3) is 3.65. The quantitative estimate of drug-likeness (QED) is 0.219. The van der Waals surface area contributed by atoms with Crippen molar-refractivity contribution in [2.45, 2.75) is 6.92 Å². The molecule has 4 heteroatoms. The molecule has 182 valence electrons. The molecule has 0 aliphatic heterocycles. The van der Waals surface area contributed by atoms with Crippen LogP contribution >= 0.6 is 11.3 Å². The number of aromatic nitrogens is 3. The maximum absolute atomic E-state index is 5.21. The van der Waals surface area contributed by atoms with Crippen LogP contribution in [0.3, 0.4) is 0 Å². The standard InChI is InChI=1S/C34H26N3S/c1-23-17-22-30-32(35-33(38-30)26-13-7-4-8-14-26)31(23)34-36(2)28-15-9-10-16-29(28)37(34)27-20-18-25(19-21-27)24-11-5-3-6-12-24/h3-22H,1-2H3/q+1. The molecule has 2 heterocycles. The maximum atomic E-state index is 5.21. The summed E-state index contributed by atoms with van der Waals surface area (Å²) in [6.45, 7) is 2.19. The first-order chi connectivity index (χ1) is 18.7. The molecular weight excluding hydrogens is 482 g/mol. The summed E-state index contributed by atoms with van der Waals surface area (Å²) in [4.78, 5) is 5.21. The van der Waals surface area contributed by atoms with Crippen LogP contribution in [0, 0.1) is 6.92 Å². The highest BCUT2D eigenvalue weighted by atomic mass is 32.1. The zero-order chi connectivity index (χ0) is 25.6. The Hall–Kier alpha value is -4.54. The van der Waals surface area contributed by atoms with Gasteiger partial charge in [-0.3, -0.25) is 0 Å². The third-order valence-corrected chi connectivity index (χ3v) is 8.33. The maximum Gasteiger partial charge on any atom is 0.297 e. The summed E-state index contributed by atoms with van der Waals surface area (Å²) in [6.07, 6.45) is 0. The molecule has 0 fully saturated rings. The predicted octanol–water partition coefficient (Wildman–Crippen LogP) is 8.37. The van der Waals surface area contributed by atoms with E-state index >= 15 is 0 Å². The molecule has 0 atom stereocenters. The molecule has 0 aliphatic carbocycles. The van der Waals surface area contributed by atoms with Crippen LogP contribution < -0.4 is 4.57 Å². The first kappa shape index (κ1) is 22.6. The van der Waals surface area contributed by atoms with Crippen LogP contribution in [0.4, 0.5) is 0 Å². The molecule has 38 heavy (non-hydrogen) atoms. The summed E-state index contributed by atoms with van der Waals surface area (Å²) in [7, 11) is 2.16. The minimum absolute atomic E-state index is 1.05. The van der Waals surface area contributed by atoms with E-state index < -0.39 is 0 Å². The first-order valence-electron chi connectivity index (χ1n) is 12.8. The molecule has 7 rings (SSSR count). The highest BCUT2D eigenvalue weighted by Gasteiger charge is 2.29. The summed E-state index contributed by atoms with van der Waals surface area (Å²) in [5.41, 5.74) is 10.5. The molecule has 0 N–H and O–H groups in total. The molecule has 0 amide bonds. The van der Waals surface area contributed by atoms with Gasteiger partial charge in [0.1, 0.15) is 10.7 Å². The summed E-state index contributed by atoms with van der Waals surface area (Å²) < 4.78 is 5.89. The Kier molecular flexibility index (Phi) is 5.41. The van der Waals surface area contributed by atoms with E-state index in [1.165, 1.54) is 38.0 Å². The third-order valence-electron chi connectivity index (χ3n) is 7.26. The monoisotopic (exact) mass is 508 g/mol. The van der Waals surface area contributed by atoms with Crippen molar-refractivity contribution in [1.82, 2.24) is 9.55 Å². The molecule has 0 radical (unpaired) electrons. The number of fused-ring (bicyclic) bond motifs is 2. The minimum Gasteiger partial charge on any atom is -0.235 e. The zero-order valence-electron chi connectivity index (χ0n) is 21.3. The Morgan fingerprint density at radius 1 is 0.658 bits per heavy atom. The van der Waals surface area contributed by atoms with Gasteiger partial charge in [0.25, 0.3) is 5.82 Å². The van der Waals surface area contributed by atoms with Crippen molar-refractivity contribution in [3.63, 3.8) is 0 Å². The van der Waals surface area contributed by atoms with E-state index in [1.807, 2.05) is 6.07 Å². The Bertz CT molecular complexity index is 1910. The highest BCUT2D eigenvalue weighted by molar-refractivity contribution is 7.21. The van der Waals surface area contributed by atoms with E-state index in [2.05, 4.69) is 138 Å². The summed E-state index contributed by atoms with van der Waals surface area (Å²) in [6, 6.07) is 42.9. The van der Waals surface area contributed by atoms with Gasteiger partial charge in [-0.2, -0.15) is 4.57 Å². The Morgan fingerprint density at radius 2 is 1.29 bits per heavy atom. The first-order valence-corrected chi connectivity index (χ1v) is 13.6. The fourth-order valence-electron chi connectivity index (χ4n) is 5.37. The lowest BCUT2D eigenvalue weighted by molar-refractivity contribution is -0.633. The molecular formula is C34H26N3S+. The molecule has 5 aromatic carbocycles. The van der Waals surface area contributed by atoms with E-state index in [4.69, 9.17) is 4.98 Å². The molecule has 3 nitrogen and oxygen atoms in total. The number of benzene rings is 5. The second-order valence-electron chi connectivity index (χ2n) is 9.61. The van der Waals surface area contributed by atoms with Gasteiger partial charge < -0.3 is 0 Å². The van der Waals surface area contributed by atoms with E-state index in [0.717, 1.165) is 27.6 Å². The van der Waals surface area contributed by atoms with Crippen molar-refractivity contribution in [3.8, 4) is 38.8 Å². The van der Waals surface area contributed by atoms with Crippen molar-refractivity contribution >= 4 is 32.6 Å². The highest BCUT2D eigenvalue weighted by Crippen LogP contribution is 2.39. The second-order valence-corrected chi connectivity index (χ2v) is 10.6. The van der Waals surface area contributed by atoms with Gasteiger partial charge in [0, 0.05) is 5.56 Å². The van der Waals surface area contributed by atoms with Crippen LogP contribution in [0.2, 0.25) is 0 Å². The largest absolute Gasteiger partial charge is 0.297 e. The van der Waals surface area contributed by atoms with Gasteiger partial charge in [-0.25, -0.2) is 9.55 Å². The van der Waals surface area contributed by atoms with Crippen molar-refractivity contribution < 1.29 is 4.57 Å². The van der Waals surface area contributed by atoms with Crippen molar-refractivity contribution in [3.05, 3.63) is 127 Å². The normalized spacial score (nSPS) is 11.4. The van der Waals surface area contributed by atoms with Crippen LogP contribution in [0.5, 0.6) is 0 Å². The summed E-state index contributed by atoms with van der Waals surface area (Å²) >= 11 is 1.75. The lowest BCUT2D eigenvalue weighted by atomic mass is 10.0. The molecule has 0 spiro atoms. The van der Waals surface area contributed by atoms with Crippen molar-refractivity contribution in [2.24, 2.45) is 7.05 Å². The minimum atomic E-state index is 1.05. The number of para-hydroxylation sites is 2. The Balaban J connectivity index is 1.48. The van der Waals surface area contributed by atoms with Crippen LogP contribution in [0.25, 0.3) is 60.0 Å². The molecule has 0 saturated heterocycles. The van der Waals surface area contributed by atoms with E-state index in [9.17, 15) is 0 Å². The van der Waals surface area contributed by atoms with Crippen LogP contribution in [-0.4, -0.2) is 9.55 Å². The number of nitrogens with zero attached hydrogens (tertiary/aromatic N) is 3. The van der Waals surface area contributed by atoms with Gasteiger partial charge in [-0.15, -0.1) is 11.3 Å². The lowest BCUT2D eigenvalue weighted by Crippen LogP contribution is -2.30. The fraction of sp³-hybridized carbons (Fsp3) is 0.0588. The van der Waals surface area contributed by atoms with E-state index in [-0.39, 0.29) is 0 Å². The summed E-state index contributed by atoms with van der Waals surface area (Å²) in [5, 5.41) is 1.05. The van der Waals surface area contributed by atoms with Gasteiger partial charge >= 0.3 is 0 Å². The van der Waals surface area contributed by atoms with Gasteiger partial charge in [-0.05, 0) is 53.9 Å². The molecule has 7 aromatic rings. The average Bonchev–Trinajstić information content (AvgIpc) is 3.54. The number of thiazole rings is 1. The van der Waals surface area contributed by atoms with Gasteiger partial charge in [-0.1, -0.05) is 91.0 Å². The number of rotatable bonds is 4. The number of hydrogen-bond acceptors (Lipinski definition) is 2. The number of hydrogen-bond donors (Lipinski definition) is 0. The Morgan fingerprint density at radius 3 is 2.03 bits per heavy atom. The predicted molar refractivity (Wildman–Crippen MR) is 159 cm³/mol. The fourth-order valence-corrected chi connectivity index (χ4v) is 6.35. The molecule has 0 bridgehead atoms. The topological polar surface area (TPSA) is 21.7 Å². The van der Waals surface area contributed by atoms with Crippen molar-refractivity contribution in [2.75, 3.05) is 0 Å². The van der Waals surface area contributed by atoms with Gasteiger partial charge in [0.15, 0.2) is 11.0 Å². The smallest absolute Gasteiger partial charge is 0.235 e. The van der Waals surface area contributed by atoms with Crippen molar-refractivity contribution in [1.29, 1.82) is 0 Å². The van der Waals surface area contributed by atoms with E-state index in [0.29, 0.717) is 0 Å². The SMILES string of the molecule is Cc1ccc2sc(-c3ccccc3)nc2c1-c1n(-c2ccc(-c3ccccc3)cc2)c2ccccc2[n+]1C.